The van der Waals surface area contributed by atoms with Crippen LogP contribution in [-0.4, -0.2) is 12.6 Å². The molecule has 0 heterocycles. The van der Waals surface area contributed by atoms with Gasteiger partial charge in [0.2, 0.25) is 0 Å². The van der Waals surface area contributed by atoms with Crippen LogP contribution in [0.3, 0.4) is 0 Å². The van der Waals surface area contributed by atoms with Gasteiger partial charge in [-0.1, -0.05) is 24.3 Å². The number of benzene rings is 2. The van der Waals surface area contributed by atoms with Crippen LogP contribution < -0.4 is 9.47 Å². The molecule has 24 heavy (non-hydrogen) atoms. The fourth-order valence-electron chi connectivity index (χ4n) is 1.90. The molecule has 0 amide bonds. The topological polar surface area (TPSA) is 83.1 Å². The van der Waals surface area contributed by atoms with Crippen molar-refractivity contribution in [2.45, 2.75) is 6.92 Å². The molecule has 2 aromatic rings. The predicted octanol–water partition coefficient (Wildman–Crippen LogP) is 3.41. The third-order valence-corrected chi connectivity index (χ3v) is 3.01. The summed E-state index contributed by atoms with van der Waals surface area (Å²) in [6.45, 7) is 1.74. The predicted molar refractivity (Wildman–Crippen MR) is 88.0 cm³/mol. The Bertz CT molecular complexity index is 824. The number of nitrogens with zero attached hydrogens (tertiary/aromatic N) is 2. The second kappa shape index (κ2) is 8.17. The highest BCUT2D eigenvalue weighted by molar-refractivity contribution is 5.74. The van der Waals surface area contributed by atoms with Gasteiger partial charge in [0.1, 0.15) is 29.2 Å². The van der Waals surface area contributed by atoms with Crippen molar-refractivity contribution in [1.82, 2.24) is 0 Å². The van der Waals surface area contributed by atoms with Crippen LogP contribution in [0.15, 0.2) is 54.1 Å². The Hall–Kier alpha value is -3.57. The number of rotatable bonds is 5. The molecule has 0 N–H and O–H groups in total. The summed E-state index contributed by atoms with van der Waals surface area (Å²) in [5.41, 5.74) is 1.72. The van der Waals surface area contributed by atoms with Gasteiger partial charge in [0.15, 0.2) is 6.61 Å². The number of carbonyl (C=O) groups excluding carboxylic acids is 1. The number of nitriles is 2. The normalized spacial score (nSPS) is 9.29. The van der Waals surface area contributed by atoms with E-state index in [1.54, 1.807) is 42.5 Å². The molecule has 2 rings (SSSR count). The SMILES string of the molecule is Cc1cccc(OCC(=O)Oc2ccc(C=C(C#N)C#N)cc2)c1. The average molecular weight is 318 g/mol. The van der Waals surface area contributed by atoms with E-state index in [1.165, 1.54) is 6.08 Å². The summed E-state index contributed by atoms with van der Waals surface area (Å²) >= 11 is 0. The van der Waals surface area contributed by atoms with Crippen LogP contribution in [0, 0.1) is 29.6 Å². The summed E-state index contributed by atoms with van der Waals surface area (Å²) < 4.78 is 10.5. The maximum Gasteiger partial charge on any atom is 0.349 e. The molecule has 0 aromatic heterocycles. The molecule has 0 spiro atoms. The van der Waals surface area contributed by atoms with Gasteiger partial charge in [-0.15, -0.1) is 0 Å². The van der Waals surface area contributed by atoms with Crippen LogP contribution in [0.2, 0.25) is 0 Å². The van der Waals surface area contributed by atoms with Gasteiger partial charge in [-0.2, -0.15) is 10.5 Å². The van der Waals surface area contributed by atoms with Crippen molar-refractivity contribution in [2.75, 3.05) is 6.61 Å². The molecule has 0 saturated heterocycles. The Kier molecular flexibility index (Phi) is 5.71. The Morgan fingerprint density at radius 2 is 1.79 bits per heavy atom. The molecule has 118 valence electrons. The van der Waals surface area contributed by atoms with Crippen LogP contribution in [-0.2, 0) is 4.79 Å². The van der Waals surface area contributed by atoms with E-state index >= 15 is 0 Å². The van der Waals surface area contributed by atoms with Gasteiger partial charge < -0.3 is 9.47 Å². The number of esters is 1. The Morgan fingerprint density at radius 3 is 2.42 bits per heavy atom. The molecule has 0 aliphatic carbocycles. The standard InChI is InChI=1S/C19H14N2O3/c1-14-3-2-4-18(9-14)23-13-19(22)24-17-7-5-15(6-8-17)10-16(11-20)12-21/h2-10H,13H2,1H3. The monoisotopic (exact) mass is 318 g/mol. The van der Waals surface area contributed by atoms with E-state index in [2.05, 4.69) is 0 Å². The minimum absolute atomic E-state index is 0.00583. The quantitative estimate of drug-likeness (QED) is 0.479. The van der Waals surface area contributed by atoms with Crippen molar-refractivity contribution in [3.8, 4) is 23.6 Å². The second-order valence-corrected chi connectivity index (χ2v) is 4.93. The lowest BCUT2D eigenvalue weighted by molar-refractivity contribution is -0.136. The van der Waals surface area contributed by atoms with Crippen molar-refractivity contribution in [1.29, 1.82) is 10.5 Å². The maximum absolute atomic E-state index is 11.8. The van der Waals surface area contributed by atoms with E-state index < -0.39 is 5.97 Å². The van der Waals surface area contributed by atoms with E-state index in [9.17, 15) is 4.79 Å². The summed E-state index contributed by atoms with van der Waals surface area (Å²) in [6.07, 6.45) is 1.45. The molecule has 0 radical (unpaired) electrons. The zero-order valence-corrected chi connectivity index (χ0v) is 13.0. The van der Waals surface area contributed by atoms with E-state index in [1.807, 2.05) is 25.1 Å². The Balaban J connectivity index is 1.92. The lowest BCUT2D eigenvalue weighted by Crippen LogP contribution is -2.17. The Labute approximate surface area is 140 Å². The zero-order chi connectivity index (χ0) is 17.4. The van der Waals surface area contributed by atoms with Crippen LogP contribution in [0.5, 0.6) is 11.5 Å². The fraction of sp³-hybridized carbons (Fsp3) is 0.105. The van der Waals surface area contributed by atoms with Gasteiger partial charge >= 0.3 is 5.97 Å². The van der Waals surface area contributed by atoms with Gasteiger partial charge in [-0.05, 0) is 48.4 Å². The molecule has 0 saturated carbocycles. The molecule has 0 atom stereocenters. The lowest BCUT2D eigenvalue weighted by atomic mass is 10.1. The third kappa shape index (κ3) is 5.01. The molecule has 5 heteroatoms. The first-order chi connectivity index (χ1) is 11.6. The summed E-state index contributed by atoms with van der Waals surface area (Å²) in [5, 5.41) is 17.4. The van der Waals surface area contributed by atoms with Gasteiger partial charge in [0.05, 0.1) is 0 Å². The van der Waals surface area contributed by atoms with Gasteiger partial charge in [0.25, 0.3) is 0 Å². The van der Waals surface area contributed by atoms with Crippen LogP contribution in [0.25, 0.3) is 6.08 Å². The van der Waals surface area contributed by atoms with Gasteiger partial charge in [-0.3, -0.25) is 0 Å². The van der Waals surface area contributed by atoms with E-state index in [0.717, 1.165) is 5.56 Å². The first-order valence-electron chi connectivity index (χ1n) is 7.13. The largest absolute Gasteiger partial charge is 0.482 e. The van der Waals surface area contributed by atoms with Crippen molar-refractivity contribution < 1.29 is 14.3 Å². The summed E-state index contributed by atoms with van der Waals surface area (Å²) in [6, 6.07) is 17.4. The smallest absolute Gasteiger partial charge is 0.349 e. The zero-order valence-electron chi connectivity index (χ0n) is 13.0. The molecule has 0 aliphatic heterocycles. The van der Waals surface area contributed by atoms with Crippen molar-refractivity contribution in [3.63, 3.8) is 0 Å². The molecule has 0 bridgehead atoms. The summed E-state index contributed by atoms with van der Waals surface area (Å²) in [5.74, 6) is 0.447. The van der Waals surface area contributed by atoms with E-state index in [-0.39, 0.29) is 12.2 Å². The summed E-state index contributed by atoms with van der Waals surface area (Å²) in [7, 11) is 0. The van der Waals surface area contributed by atoms with Crippen molar-refractivity contribution in [3.05, 3.63) is 65.2 Å². The van der Waals surface area contributed by atoms with Crippen LogP contribution in [0.4, 0.5) is 0 Å². The molecule has 2 aromatic carbocycles. The maximum atomic E-state index is 11.8. The lowest BCUT2D eigenvalue weighted by Gasteiger charge is -2.07. The number of hydrogen-bond acceptors (Lipinski definition) is 5. The number of allylic oxidation sites excluding steroid dienone is 1. The van der Waals surface area contributed by atoms with Crippen LogP contribution >= 0.6 is 0 Å². The number of carbonyl (C=O) groups is 1. The molecular formula is C19H14N2O3. The van der Waals surface area contributed by atoms with Crippen molar-refractivity contribution in [2.24, 2.45) is 0 Å². The van der Waals surface area contributed by atoms with Crippen LogP contribution in [0.1, 0.15) is 11.1 Å². The van der Waals surface area contributed by atoms with E-state index in [4.69, 9.17) is 20.0 Å². The van der Waals surface area contributed by atoms with Crippen molar-refractivity contribution >= 4 is 12.0 Å². The molecule has 0 unspecified atom stereocenters. The Morgan fingerprint density at radius 1 is 1.08 bits per heavy atom. The highest BCUT2D eigenvalue weighted by Crippen LogP contribution is 2.16. The second-order valence-electron chi connectivity index (χ2n) is 4.93. The number of ether oxygens (including phenoxy) is 2. The highest BCUT2D eigenvalue weighted by Gasteiger charge is 2.06. The first-order valence-corrected chi connectivity index (χ1v) is 7.13. The van der Waals surface area contributed by atoms with Gasteiger partial charge in [0, 0.05) is 0 Å². The molecule has 5 nitrogen and oxygen atoms in total. The molecular weight excluding hydrogens is 304 g/mol. The third-order valence-electron chi connectivity index (χ3n) is 3.01. The average Bonchev–Trinajstić information content (AvgIpc) is 2.59. The number of hydrogen-bond donors (Lipinski definition) is 0. The molecule has 0 aliphatic rings. The number of aryl methyl sites for hydroxylation is 1. The minimum atomic E-state index is -0.519. The van der Waals surface area contributed by atoms with E-state index in [0.29, 0.717) is 17.1 Å². The fourth-order valence-corrected chi connectivity index (χ4v) is 1.90. The van der Waals surface area contributed by atoms with Gasteiger partial charge in [-0.25, -0.2) is 4.79 Å². The first kappa shape index (κ1) is 16.8. The highest BCUT2D eigenvalue weighted by atomic mass is 16.6. The molecule has 0 fully saturated rings. The summed E-state index contributed by atoms with van der Waals surface area (Å²) in [4.78, 5) is 11.8. The minimum Gasteiger partial charge on any atom is -0.482 e.